The lowest BCUT2D eigenvalue weighted by Gasteiger charge is -2.13. The first kappa shape index (κ1) is 20.1. The van der Waals surface area contributed by atoms with Crippen LogP contribution >= 0.6 is 34.4 Å². The summed E-state index contributed by atoms with van der Waals surface area (Å²) in [5.74, 6) is -0.192. The van der Waals surface area contributed by atoms with Gasteiger partial charge >= 0.3 is 0 Å². The summed E-state index contributed by atoms with van der Waals surface area (Å²) in [6.45, 7) is 1.79. The van der Waals surface area contributed by atoms with Gasteiger partial charge in [0.25, 0.3) is 5.56 Å². The van der Waals surface area contributed by atoms with Crippen molar-refractivity contribution in [2.45, 2.75) is 49.4 Å². The van der Waals surface area contributed by atoms with Crippen molar-refractivity contribution in [3.8, 4) is 6.07 Å². The van der Waals surface area contributed by atoms with E-state index in [1.54, 1.807) is 14.0 Å². The van der Waals surface area contributed by atoms with Crippen molar-refractivity contribution in [1.82, 2.24) is 9.55 Å². The first-order chi connectivity index (χ1) is 14.0. The molecule has 1 unspecified atom stereocenters. The monoisotopic (exact) mass is 444 g/mol. The van der Waals surface area contributed by atoms with Crippen LogP contribution in [0.3, 0.4) is 0 Å². The first-order valence-electron chi connectivity index (χ1n) is 9.46. The van der Waals surface area contributed by atoms with E-state index in [0.717, 1.165) is 31.2 Å². The Hall–Kier alpha value is -2.15. The lowest BCUT2D eigenvalue weighted by Crippen LogP contribution is -2.25. The zero-order valence-electron chi connectivity index (χ0n) is 16.2. The normalized spacial score (nSPS) is 14.8. The van der Waals surface area contributed by atoms with E-state index in [0.29, 0.717) is 25.9 Å². The van der Waals surface area contributed by atoms with Gasteiger partial charge in [-0.05, 0) is 49.6 Å². The number of carbonyl (C=O) groups excluding carboxylic acids is 1. The molecule has 1 atom stereocenters. The van der Waals surface area contributed by atoms with Gasteiger partial charge in [0.1, 0.15) is 15.8 Å². The lowest BCUT2D eigenvalue weighted by atomic mass is 10.1. The molecule has 1 aliphatic rings. The number of nitriles is 1. The fourth-order valence-electron chi connectivity index (χ4n) is 3.45. The minimum absolute atomic E-state index is 0.103. The molecule has 0 aromatic carbocycles. The largest absolute Gasteiger partial charge is 0.316 e. The predicted octanol–water partition coefficient (Wildman–Crippen LogP) is 4.32. The van der Waals surface area contributed by atoms with Crippen molar-refractivity contribution >= 4 is 55.6 Å². The molecule has 0 aliphatic heterocycles. The van der Waals surface area contributed by atoms with Gasteiger partial charge in [0, 0.05) is 11.9 Å². The van der Waals surface area contributed by atoms with Crippen molar-refractivity contribution in [3.05, 3.63) is 37.8 Å². The lowest BCUT2D eigenvalue weighted by molar-refractivity contribution is -0.115. The highest BCUT2D eigenvalue weighted by molar-refractivity contribution is 8.00. The van der Waals surface area contributed by atoms with Gasteiger partial charge in [-0.15, -0.1) is 22.7 Å². The summed E-state index contributed by atoms with van der Waals surface area (Å²) in [6.07, 6.45) is 5.27. The number of nitrogens with one attached hydrogen (secondary N) is 1. The molecule has 9 heteroatoms. The molecular formula is C20H20N4O2S3. The van der Waals surface area contributed by atoms with Crippen LogP contribution in [0.4, 0.5) is 5.00 Å². The number of thiophene rings is 2. The third kappa shape index (κ3) is 3.84. The number of fused-ring (bicyclic) bond motifs is 2. The van der Waals surface area contributed by atoms with E-state index < -0.39 is 5.25 Å². The molecule has 6 nitrogen and oxygen atoms in total. The van der Waals surface area contributed by atoms with Gasteiger partial charge in [-0.3, -0.25) is 14.2 Å². The Morgan fingerprint density at radius 1 is 1.38 bits per heavy atom. The van der Waals surface area contributed by atoms with Gasteiger partial charge in [-0.25, -0.2) is 4.98 Å². The molecule has 0 radical (unpaired) electrons. The van der Waals surface area contributed by atoms with Crippen LogP contribution in [0.25, 0.3) is 10.2 Å². The van der Waals surface area contributed by atoms with Crippen LogP contribution in [0.2, 0.25) is 0 Å². The van der Waals surface area contributed by atoms with Gasteiger partial charge in [0.05, 0.1) is 16.3 Å². The molecule has 0 saturated carbocycles. The van der Waals surface area contributed by atoms with E-state index in [1.807, 2.05) is 11.4 Å². The van der Waals surface area contributed by atoms with E-state index in [9.17, 15) is 14.9 Å². The van der Waals surface area contributed by atoms with E-state index in [-0.39, 0.29) is 11.5 Å². The number of anilines is 1. The number of aromatic nitrogens is 2. The van der Waals surface area contributed by atoms with Crippen LogP contribution in [0, 0.1) is 11.3 Å². The molecule has 4 rings (SSSR count). The summed E-state index contributed by atoms with van der Waals surface area (Å²) in [5, 5.41) is 15.1. The van der Waals surface area contributed by atoms with Crippen LogP contribution in [0.15, 0.2) is 21.4 Å². The minimum atomic E-state index is -0.461. The summed E-state index contributed by atoms with van der Waals surface area (Å²) in [6, 6.07) is 4.11. The van der Waals surface area contributed by atoms with Crippen LogP contribution in [0.5, 0.6) is 0 Å². The second-order valence-corrected chi connectivity index (χ2v) is 10.4. The molecule has 1 N–H and O–H groups in total. The number of carbonyl (C=O) groups is 1. The summed E-state index contributed by atoms with van der Waals surface area (Å²) in [5.41, 5.74) is 2.27. The Balaban J connectivity index is 1.55. The molecule has 150 valence electrons. The maximum absolute atomic E-state index is 12.8. The van der Waals surface area contributed by atoms with Gasteiger partial charge < -0.3 is 5.32 Å². The Kier molecular flexibility index (Phi) is 5.76. The van der Waals surface area contributed by atoms with Crippen molar-refractivity contribution in [1.29, 1.82) is 5.26 Å². The molecule has 3 heterocycles. The average molecular weight is 445 g/mol. The zero-order valence-corrected chi connectivity index (χ0v) is 18.6. The molecular weight excluding hydrogens is 424 g/mol. The highest BCUT2D eigenvalue weighted by Gasteiger charge is 2.24. The molecule has 1 aliphatic carbocycles. The highest BCUT2D eigenvalue weighted by Crippen LogP contribution is 2.37. The van der Waals surface area contributed by atoms with Crippen LogP contribution < -0.4 is 10.9 Å². The summed E-state index contributed by atoms with van der Waals surface area (Å²) < 4.78 is 2.11. The van der Waals surface area contributed by atoms with Gasteiger partial charge in [0.15, 0.2) is 5.16 Å². The third-order valence-electron chi connectivity index (χ3n) is 5.07. The SMILES string of the molecule is CC(Sc1nc2ccsc2c(=O)n1C)C(=O)Nc1sc2c(c1C#N)CCCCC2. The average Bonchev–Trinajstić information content (AvgIpc) is 3.23. The third-order valence-corrected chi connectivity index (χ3v) is 8.31. The molecule has 0 fully saturated rings. The molecule has 3 aromatic heterocycles. The second kappa shape index (κ2) is 8.30. The first-order valence-corrected chi connectivity index (χ1v) is 12.0. The van der Waals surface area contributed by atoms with Crippen LogP contribution in [-0.4, -0.2) is 20.7 Å². The number of rotatable bonds is 4. The molecule has 0 saturated heterocycles. The number of nitrogens with zero attached hydrogens (tertiary/aromatic N) is 3. The topological polar surface area (TPSA) is 87.8 Å². The van der Waals surface area contributed by atoms with E-state index >= 15 is 0 Å². The summed E-state index contributed by atoms with van der Waals surface area (Å²) >= 11 is 4.14. The van der Waals surface area contributed by atoms with Gasteiger partial charge in [-0.2, -0.15) is 5.26 Å². The number of aryl methyl sites for hydroxylation is 1. The van der Waals surface area contributed by atoms with E-state index in [2.05, 4.69) is 16.4 Å². The van der Waals surface area contributed by atoms with Crippen molar-refractivity contribution in [2.24, 2.45) is 7.05 Å². The standard InChI is InChI=1S/C20H20N4O2S3/c1-11(28-20-22-14-8-9-27-16(14)19(26)24(20)2)17(25)23-18-13(10-21)12-6-4-3-5-7-15(12)29-18/h8-9,11H,3-7H2,1-2H3,(H,23,25). The Morgan fingerprint density at radius 3 is 2.97 bits per heavy atom. The molecule has 0 spiro atoms. The summed E-state index contributed by atoms with van der Waals surface area (Å²) in [7, 11) is 1.67. The predicted molar refractivity (Wildman–Crippen MR) is 119 cm³/mol. The Bertz CT molecular complexity index is 1180. The van der Waals surface area contributed by atoms with E-state index in [1.165, 1.54) is 50.3 Å². The van der Waals surface area contributed by atoms with Gasteiger partial charge in [0.2, 0.25) is 5.91 Å². The van der Waals surface area contributed by atoms with Crippen molar-refractivity contribution in [2.75, 3.05) is 5.32 Å². The minimum Gasteiger partial charge on any atom is -0.316 e. The Labute approximate surface area is 180 Å². The van der Waals surface area contributed by atoms with Crippen molar-refractivity contribution < 1.29 is 4.79 Å². The molecule has 1 amide bonds. The Morgan fingerprint density at radius 2 is 2.17 bits per heavy atom. The number of hydrogen-bond acceptors (Lipinski definition) is 7. The smallest absolute Gasteiger partial charge is 0.271 e. The molecule has 3 aromatic rings. The molecule has 0 bridgehead atoms. The number of thioether (sulfide) groups is 1. The molecule has 29 heavy (non-hydrogen) atoms. The fourth-order valence-corrected chi connectivity index (χ4v) is 6.37. The summed E-state index contributed by atoms with van der Waals surface area (Å²) in [4.78, 5) is 31.0. The number of amides is 1. The highest BCUT2D eigenvalue weighted by atomic mass is 32.2. The number of hydrogen-bond donors (Lipinski definition) is 1. The fraction of sp³-hybridized carbons (Fsp3) is 0.400. The van der Waals surface area contributed by atoms with Crippen molar-refractivity contribution in [3.63, 3.8) is 0 Å². The van der Waals surface area contributed by atoms with Crippen LogP contribution in [0.1, 0.15) is 42.2 Å². The zero-order chi connectivity index (χ0) is 20.5. The van der Waals surface area contributed by atoms with E-state index in [4.69, 9.17) is 0 Å². The quantitative estimate of drug-likeness (QED) is 0.368. The maximum atomic E-state index is 12.8. The second-order valence-electron chi connectivity index (χ2n) is 7.02. The maximum Gasteiger partial charge on any atom is 0.271 e. The van der Waals surface area contributed by atoms with Gasteiger partial charge in [-0.1, -0.05) is 18.2 Å². The van der Waals surface area contributed by atoms with Crippen LogP contribution in [-0.2, 0) is 24.7 Å².